The second-order valence-electron chi connectivity index (χ2n) is 4.82. The van der Waals surface area contributed by atoms with E-state index in [0.717, 1.165) is 11.8 Å². The van der Waals surface area contributed by atoms with E-state index in [4.69, 9.17) is 5.11 Å². The number of anilines is 1. The van der Waals surface area contributed by atoms with Gasteiger partial charge in [0.2, 0.25) is 5.91 Å². The summed E-state index contributed by atoms with van der Waals surface area (Å²) in [6, 6.07) is 7.24. The average Bonchev–Trinajstić information content (AvgIpc) is 2.46. The lowest BCUT2D eigenvalue weighted by Crippen LogP contribution is -2.23. The number of carboxylic acid groups (broad SMARTS) is 1. The molecule has 0 aliphatic rings. The van der Waals surface area contributed by atoms with E-state index in [1.54, 1.807) is 13.8 Å². The molecule has 1 unspecified atom stereocenters. The molecule has 1 amide bonds. The van der Waals surface area contributed by atoms with Gasteiger partial charge in [-0.1, -0.05) is 11.8 Å². The van der Waals surface area contributed by atoms with E-state index in [0.29, 0.717) is 16.5 Å². The van der Waals surface area contributed by atoms with Gasteiger partial charge in [-0.2, -0.15) is 0 Å². The van der Waals surface area contributed by atoms with E-state index in [2.05, 4.69) is 15.3 Å². The number of benzene rings is 1. The van der Waals surface area contributed by atoms with E-state index in [1.807, 2.05) is 0 Å². The summed E-state index contributed by atoms with van der Waals surface area (Å²) in [5.74, 6) is -1.30. The summed E-state index contributed by atoms with van der Waals surface area (Å²) in [5.41, 5.74) is 0.954. The van der Waals surface area contributed by atoms with Gasteiger partial charge in [-0.15, -0.1) is 0 Å². The fraction of sp³-hybridized carbons (Fsp3) is 0.200. The van der Waals surface area contributed by atoms with Crippen LogP contribution in [-0.2, 0) is 4.79 Å². The summed E-state index contributed by atoms with van der Waals surface area (Å²) in [6.07, 6.45) is 0. The van der Waals surface area contributed by atoms with Crippen molar-refractivity contribution >= 4 is 29.3 Å². The van der Waals surface area contributed by atoms with Crippen molar-refractivity contribution in [3.8, 4) is 0 Å². The highest BCUT2D eigenvalue weighted by molar-refractivity contribution is 8.00. The summed E-state index contributed by atoms with van der Waals surface area (Å²) in [6.45, 7) is 3.39. The lowest BCUT2D eigenvalue weighted by atomic mass is 10.2. The minimum atomic E-state index is -1.03. The Hall–Kier alpha value is -2.61. The molecule has 2 rings (SSSR count). The molecule has 0 saturated carbocycles. The summed E-state index contributed by atoms with van der Waals surface area (Å²) in [5, 5.41) is 11.4. The zero-order valence-corrected chi connectivity index (χ0v) is 13.3. The zero-order chi connectivity index (χ0) is 17.0. The van der Waals surface area contributed by atoms with Crippen molar-refractivity contribution < 1.29 is 14.7 Å². The highest BCUT2D eigenvalue weighted by Gasteiger charge is 2.16. The predicted molar refractivity (Wildman–Crippen MR) is 86.9 cm³/mol. The van der Waals surface area contributed by atoms with Gasteiger partial charge >= 0.3 is 5.97 Å². The number of nitrogens with one attached hydrogen (secondary N) is 2. The molecule has 0 spiro atoms. The Labute approximate surface area is 136 Å². The van der Waals surface area contributed by atoms with Gasteiger partial charge in [-0.3, -0.25) is 9.59 Å². The molecule has 1 aromatic carbocycles. The third kappa shape index (κ3) is 4.68. The van der Waals surface area contributed by atoms with Gasteiger partial charge in [0.05, 0.1) is 10.8 Å². The molecule has 0 aliphatic heterocycles. The van der Waals surface area contributed by atoms with Crippen LogP contribution in [0.2, 0.25) is 0 Å². The lowest BCUT2D eigenvalue weighted by Gasteiger charge is -2.11. The number of carbonyl (C=O) groups excluding carboxylic acids is 1. The quantitative estimate of drug-likeness (QED) is 0.569. The molecule has 7 nitrogen and oxygen atoms in total. The van der Waals surface area contributed by atoms with Gasteiger partial charge in [0.1, 0.15) is 0 Å². The molecule has 0 bridgehead atoms. The first-order valence-electron chi connectivity index (χ1n) is 6.74. The normalized spacial score (nSPS) is 11.7. The molecule has 1 heterocycles. The van der Waals surface area contributed by atoms with Crippen molar-refractivity contribution in [2.45, 2.75) is 24.3 Å². The molecule has 0 fully saturated rings. The maximum Gasteiger partial charge on any atom is 0.335 e. The molecule has 0 saturated heterocycles. The number of thioether (sulfide) groups is 1. The van der Waals surface area contributed by atoms with Crippen molar-refractivity contribution in [2.24, 2.45) is 0 Å². The molecule has 120 valence electrons. The van der Waals surface area contributed by atoms with Crippen LogP contribution in [0.1, 0.15) is 23.0 Å². The van der Waals surface area contributed by atoms with Crippen molar-refractivity contribution in [2.75, 3.05) is 5.32 Å². The van der Waals surface area contributed by atoms with Crippen LogP contribution in [0, 0.1) is 6.92 Å². The van der Waals surface area contributed by atoms with Crippen LogP contribution in [0.25, 0.3) is 0 Å². The molecule has 2 aromatic rings. The van der Waals surface area contributed by atoms with E-state index < -0.39 is 11.2 Å². The number of aromatic carboxylic acids is 1. The molecular weight excluding hydrogens is 318 g/mol. The first-order chi connectivity index (χ1) is 10.8. The van der Waals surface area contributed by atoms with Crippen LogP contribution in [0.3, 0.4) is 0 Å². The van der Waals surface area contributed by atoms with Crippen LogP contribution in [0.15, 0.2) is 40.3 Å². The first kappa shape index (κ1) is 16.8. The number of H-pyrrole nitrogens is 1. The van der Waals surface area contributed by atoms with Crippen molar-refractivity contribution in [1.82, 2.24) is 9.97 Å². The van der Waals surface area contributed by atoms with E-state index in [-0.39, 0.29) is 17.0 Å². The largest absolute Gasteiger partial charge is 0.478 e. The third-order valence-electron chi connectivity index (χ3n) is 2.91. The summed E-state index contributed by atoms with van der Waals surface area (Å²) < 4.78 is 0. The third-order valence-corrected chi connectivity index (χ3v) is 3.89. The number of hydrogen-bond acceptors (Lipinski definition) is 5. The Morgan fingerprint density at radius 2 is 1.96 bits per heavy atom. The van der Waals surface area contributed by atoms with Gasteiger partial charge in [0.15, 0.2) is 5.16 Å². The van der Waals surface area contributed by atoms with E-state index in [1.165, 1.54) is 30.3 Å². The molecule has 0 aliphatic carbocycles. The fourth-order valence-corrected chi connectivity index (χ4v) is 2.63. The second kappa shape index (κ2) is 7.10. The molecule has 3 N–H and O–H groups in total. The van der Waals surface area contributed by atoms with Gasteiger partial charge < -0.3 is 15.4 Å². The molecule has 1 aromatic heterocycles. The summed E-state index contributed by atoms with van der Waals surface area (Å²) in [7, 11) is 0. The van der Waals surface area contributed by atoms with Crippen LogP contribution in [0.4, 0.5) is 5.69 Å². The maximum atomic E-state index is 12.1. The Morgan fingerprint density at radius 1 is 1.30 bits per heavy atom. The van der Waals surface area contributed by atoms with E-state index >= 15 is 0 Å². The Balaban J connectivity index is 2.02. The number of rotatable bonds is 5. The fourth-order valence-electron chi connectivity index (χ4n) is 1.77. The minimum absolute atomic E-state index is 0.145. The lowest BCUT2D eigenvalue weighted by molar-refractivity contribution is -0.115. The molecule has 1 atom stereocenters. The predicted octanol–water partition coefficient (Wildman–Crippen LogP) is 1.90. The Morgan fingerprint density at radius 3 is 2.52 bits per heavy atom. The highest BCUT2D eigenvalue weighted by atomic mass is 32.2. The SMILES string of the molecule is Cc1cc(=O)[nH]c(SC(C)C(=O)Nc2ccc(C(=O)O)cc2)n1. The standard InChI is InChI=1S/C15H15N3O4S/c1-8-7-12(19)18-15(16-8)23-9(2)13(20)17-11-5-3-10(4-6-11)14(21)22/h3-7,9H,1-2H3,(H,17,20)(H,21,22)(H,16,18,19). The van der Waals surface area contributed by atoms with Crippen molar-refractivity contribution in [3.63, 3.8) is 0 Å². The molecule has 8 heteroatoms. The summed E-state index contributed by atoms with van der Waals surface area (Å²) >= 11 is 1.13. The number of carboxylic acids is 1. The maximum absolute atomic E-state index is 12.1. The number of hydrogen-bond donors (Lipinski definition) is 3. The first-order valence-corrected chi connectivity index (χ1v) is 7.62. The molecule has 0 radical (unpaired) electrons. The number of aromatic nitrogens is 2. The minimum Gasteiger partial charge on any atom is -0.478 e. The monoisotopic (exact) mass is 333 g/mol. The summed E-state index contributed by atoms with van der Waals surface area (Å²) in [4.78, 5) is 41.0. The van der Waals surface area contributed by atoms with E-state index in [9.17, 15) is 14.4 Å². The second-order valence-corrected chi connectivity index (χ2v) is 6.15. The van der Waals surface area contributed by atoms with Gasteiger partial charge in [0, 0.05) is 17.4 Å². The Kier molecular flexibility index (Phi) is 5.17. The number of amides is 1. The smallest absolute Gasteiger partial charge is 0.335 e. The number of aromatic amines is 1. The van der Waals surface area contributed by atoms with Crippen molar-refractivity contribution in [1.29, 1.82) is 0 Å². The van der Waals surface area contributed by atoms with Gasteiger partial charge in [-0.25, -0.2) is 9.78 Å². The number of nitrogens with zero attached hydrogens (tertiary/aromatic N) is 1. The topological polar surface area (TPSA) is 112 Å². The number of aryl methyl sites for hydroxylation is 1. The van der Waals surface area contributed by atoms with Gasteiger partial charge in [-0.05, 0) is 38.1 Å². The number of carbonyl (C=O) groups is 2. The van der Waals surface area contributed by atoms with Crippen LogP contribution in [0.5, 0.6) is 0 Å². The Bertz CT molecular complexity index is 786. The molecular formula is C15H15N3O4S. The van der Waals surface area contributed by atoms with Gasteiger partial charge in [0.25, 0.3) is 5.56 Å². The van der Waals surface area contributed by atoms with Crippen LogP contribution in [-0.4, -0.2) is 32.2 Å². The highest BCUT2D eigenvalue weighted by Crippen LogP contribution is 2.20. The average molecular weight is 333 g/mol. The molecule has 23 heavy (non-hydrogen) atoms. The van der Waals surface area contributed by atoms with Crippen LogP contribution >= 0.6 is 11.8 Å². The van der Waals surface area contributed by atoms with Crippen LogP contribution < -0.4 is 10.9 Å². The zero-order valence-electron chi connectivity index (χ0n) is 12.5. The van der Waals surface area contributed by atoms with Crippen molar-refractivity contribution in [3.05, 3.63) is 51.9 Å².